The molecule has 1 atom stereocenters. The number of anilines is 1. The summed E-state index contributed by atoms with van der Waals surface area (Å²) in [5, 5.41) is 12.3. The van der Waals surface area contributed by atoms with Crippen LogP contribution in [0, 0.1) is 0 Å². The summed E-state index contributed by atoms with van der Waals surface area (Å²) in [6.45, 7) is 1.51. The first-order valence-electron chi connectivity index (χ1n) is 9.90. The number of alkyl halides is 3. The van der Waals surface area contributed by atoms with Gasteiger partial charge in [-0.1, -0.05) is 41.9 Å². The molecule has 0 aliphatic carbocycles. The Morgan fingerprint density at radius 1 is 1.18 bits per heavy atom. The number of nitrogens with one attached hydrogen (secondary N) is 1. The lowest BCUT2D eigenvalue weighted by Gasteiger charge is -2.20. The van der Waals surface area contributed by atoms with E-state index in [4.69, 9.17) is 11.6 Å². The highest BCUT2D eigenvalue weighted by Gasteiger charge is 2.33. The Labute approximate surface area is 195 Å². The van der Waals surface area contributed by atoms with E-state index in [1.807, 2.05) is 0 Å². The Bertz CT molecular complexity index is 1460. The van der Waals surface area contributed by atoms with Crippen molar-refractivity contribution < 1.29 is 23.1 Å². The minimum atomic E-state index is -4.73. The molecule has 3 aromatic heterocycles. The number of carbonyl (C=O) groups is 1. The van der Waals surface area contributed by atoms with Gasteiger partial charge < -0.3 is 10.4 Å². The maximum Gasteiger partial charge on any atom is 0.417 e. The van der Waals surface area contributed by atoms with Gasteiger partial charge in [-0.3, -0.25) is 9.20 Å². The quantitative estimate of drug-likeness (QED) is 0.396. The Hall–Kier alpha value is -3.92. The van der Waals surface area contributed by atoms with Crippen LogP contribution in [0.1, 0.15) is 34.5 Å². The van der Waals surface area contributed by atoms with Gasteiger partial charge in [0.15, 0.2) is 0 Å². The summed E-state index contributed by atoms with van der Waals surface area (Å²) in [6, 6.07) is 11.0. The minimum Gasteiger partial charge on any atom is -0.478 e. The fourth-order valence-electron chi connectivity index (χ4n) is 3.46. The normalized spacial score (nSPS) is 12.5. The maximum absolute atomic E-state index is 13.6. The summed E-state index contributed by atoms with van der Waals surface area (Å²) in [6.07, 6.45) is -2.83. The van der Waals surface area contributed by atoms with E-state index in [1.54, 1.807) is 30.3 Å². The molecule has 7 nitrogen and oxygen atoms in total. The molecule has 34 heavy (non-hydrogen) atoms. The lowest BCUT2D eigenvalue weighted by Crippen LogP contribution is -2.21. The van der Waals surface area contributed by atoms with Gasteiger partial charge in [0.1, 0.15) is 17.0 Å². The number of aromatic nitrogens is 3. The largest absolute Gasteiger partial charge is 0.478 e. The van der Waals surface area contributed by atoms with E-state index >= 15 is 0 Å². The summed E-state index contributed by atoms with van der Waals surface area (Å²) in [5.41, 5.74) is -1.09. The van der Waals surface area contributed by atoms with Crippen molar-refractivity contribution in [1.29, 1.82) is 0 Å². The number of hydrogen-bond acceptors (Lipinski definition) is 5. The molecule has 4 rings (SSSR count). The fraction of sp³-hybridized carbons (Fsp3) is 0.130. The number of pyridine rings is 2. The monoisotopic (exact) mass is 488 g/mol. The number of fused-ring (bicyclic) bond motifs is 1. The van der Waals surface area contributed by atoms with E-state index in [0.29, 0.717) is 11.8 Å². The van der Waals surface area contributed by atoms with E-state index < -0.39 is 29.3 Å². The molecule has 0 fully saturated rings. The van der Waals surface area contributed by atoms with Crippen LogP contribution in [-0.2, 0) is 6.18 Å². The van der Waals surface area contributed by atoms with Crippen LogP contribution in [0.15, 0.2) is 65.7 Å². The zero-order chi connectivity index (χ0) is 24.6. The third-order valence-corrected chi connectivity index (χ3v) is 5.30. The fourth-order valence-corrected chi connectivity index (χ4v) is 3.62. The summed E-state index contributed by atoms with van der Waals surface area (Å²) < 4.78 is 41.7. The third kappa shape index (κ3) is 4.58. The molecule has 0 saturated heterocycles. The van der Waals surface area contributed by atoms with Crippen molar-refractivity contribution in [2.24, 2.45) is 0 Å². The highest BCUT2D eigenvalue weighted by atomic mass is 35.5. The Kier molecular flexibility index (Phi) is 6.01. The van der Waals surface area contributed by atoms with Gasteiger partial charge >= 0.3 is 12.1 Å². The first-order valence-corrected chi connectivity index (χ1v) is 10.3. The second-order valence-corrected chi connectivity index (χ2v) is 7.88. The smallest absolute Gasteiger partial charge is 0.417 e. The van der Waals surface area contributed by atoms with Crippen molar-refractivity contribution in [1.82, 2.24) is 14.4 Å². The first kappa shape index (κ1) is 23.2. The predicted octanol–water partition coefficient (Wildman–Crippen LogP) is 5.30. The van der Waals surface area contributed by atoms with Crippen LogP contribution in [0.25, 0.3) is 16.9 Å². The topological polar surface area (TPSA) is 96.6 Å². The molecule has 3 heterocycles. The van der Waals surface area contributed by atoms with E-state index in [1.165, 1.54) is 19.2 Å². The van der Waals surface area contributed by atoms with Gasteiger partial charge in [0, 0.05) is 29.6 Å². The van der Waals surface area contributed by atoms with Crippen molar-refractivity contribution in [3.8, 4) is 11.3 Å². The number of hydrogen-bond donors (Lipinski definition) is 2. The molecule has 174 valence electrons. The summed E-state index contributed by atoms with van der Waals surface area (Å²) in [4.78, 5) is 32.8. The third-order valence-electron chi connectivity index (χ3n) is 5.09. The van der Waals surface area contributed by atoms with Crippen molar-refractivity contribution in [2.45, 2.75) is 19.1 Å². The standard InChI is InChI=1S/C23H16ClF3N4O3/c1-12(29-20-17(22(33)34)8-15(24)10-28-20)16-7-14(23(25,26)27)11-31-19(32)9-18(30-21(16)31)13-5-3-2-4-6-13/h2-12H,1H3,(H,28,29)(H,33,34)/t12-/m1/s1. The lowest BCUT2D eigenvalue weighted by atomic mass is 10.1. The average molecular weight is 489 g/mol. The van der Waals surface area contributed by atoms with Crippen LogP contribution in [0.2, 0.25) is 5.02 Å². The second kappa shape index (κ2) is 8.79. The maximum atomic E-state index is 13.6. The molecule has 0 bridgehead atoms. The van der Waals surface area contributed by atoms with Crippen molar-refractivity contribution in [2.75, 3.05) is 5.32 Å². The number of halogens is 4. The number of aromatic carboxylic acids is 1. The molecule has 0 unspecified atom stereocenters. The van der Waals surface area contributed by atoms with Crippen LogP contribution in [0.4, 0.5) is 19.0 Å². The number of carboxylic acids is 1. The summed E-state index contributed by atoms with van der Waals surface area (Å²) in [5.74, 6) is -1.42. The molecule has 4 aromatic rings. The van der Waals surface area contributed by atoms with Crippen molar-refractivity contribution in [3.63, 3.8) is 0 Å². The zero-order valence-corrected chi connectivity index (χ0v) is 18.2. The molecular formula is C23H16ClF3N4O3. The van der Waals surface area contributed by atoms with Gasteiger partial charge in [-0.15, -0.1) is 0 Å². The SMILES string of the molecule is C[C@@H](Nc1ncc(Cl)cc1C(=O)O)c1cc(C(F)(F)F)cn2c(=O)cc(-c3ccccc3)nc12. The summed E-state index contributed by atoms with van der Waals surface area (Å²) in [7, 11) is 0. The van der Waals surface area contributed by atoms with Crippen molar-refractivity contribution in [3.05, 3.63) is 93.0 Å². The molecule has 0 amide bonds. The van der Waals surface area contributed by atoms with Crippen molar-refractivity contribution >= 4 is 29.0 Å². The van der Waals surface area contributed by atoms with Gasteiger partial charge in [0.25, 0.3) is 5.56 Å². The van der Waals surface area contributed by atoms with Crippen LogP contribution in [-0.4, -0.2) is 25.4 Å². The molecular weight excluding hydrogens is 473 g/mol. The molecule has 0 radical (unpaired) electrons. The molecule has 0 aliphatic heterocycles. The predicted molar refractivity (Wildman–Crippen MR) is 120 cm³/mol. The second-order valence-electron chi connectivity index (χ2n) is 7.44. The number of carboxylic acid groups (broad SMARTS) is 1. The molecule has 0 spiro atoms. The van der Waals surface area contributed by atoms with Gasteiger partial charge in [-0.05, 0) is 19.1 Å². The highest BCUT2D eigenvalue weighted by Crippen LogP contribution is 2.33. The van der Waals surface area contributed by atoms with Gasteiger partial charge in [0.05, 0.1) is 22.3 Å². The molecule has 11 heteroatoms. The van der Waals surface area contributed by atoms with E-state index in [0.717, 1.165) is 16.5 Å². The van der Waals surface area contributed by atoms with Crippen LogP contribution in [0.3, 0.4) is 0 Å². The zero-order valence-electron chi connectivity index (χ0n) is 17.5. The molecule has 0 saturated carbocycles. The molecule has 1 aromatic carbocycles. The lowest BCUT2D eigenvalue weighted by molar-refractivity contribution is -0.137. The Morgan fingerprint density at radius 3 is 2.53 bits per heavy atom. The van der Waals surface area contributed by atoms with E-state index in [2.05, 4.69) is 15.3 Å². The Morgan fingerprint density at radius 2 is 1.88 bits per heavy atom. The first-order chi connectivity index (χ1) is 16.0. The van der Waals surface area contributed by atoms with Crippen LogP contribution in [0.5, 0.6) is 0 Å². The number of nitrogens with zero attached hydrogens (tertiary/aromatic N) is 3. The average Bonchev–Trinajstić information content (AvgIpc) is 2.79. The van der Waals surface area contributed by atoms with Gasteiger partial charge in [-0.25, -0.2) is 14.8 Å². The van der Waals surface area contributed by atoms with Crippen LogP contribution >= 0.6 is 11.6 Å². The van der Waals surface area contributed by atoms with E-state index in [-0.39, 0.29) is 33.3 Å². The van der Waals surface area contributed by atoms with Crippen LogP contribution < -0.4 is 10.9 Å². The number of benzene rings is 1. The van der Waals surface area contributed by atoms with E-state index in [9.17, 15) is 27.9 Å². The highest BCUT2D eigenvalue weighted by molar-refractivity contribution is 6.30. The van der Waals surface area contributed by atoms with Gasteiger partial charge in [-0.2, -0.15) is 13.2 Å². The molecule has 2 N–H and O–H groups in total. The van der Waals surface area contributed by atoms with Gasteiger partial charge in [0.2, 0.25) is 0 Å². The number of rotatable bonds is 5. The molecule has 0 aliphatic rings. The minimum absolute atomic E-state index is 0.00908. The Balaban J connectivity index is 1.92. The summed E-state index contributed by atoms with van der Waals surface area (Å²) >= 11 is 5.83.